The number of esters is 1. The van der Waals surface area contributed by atoms with Crippen molar-refractivity contribution in [2.24, 2.45) is 5.92 Å². The fourth-order valence-electron chi connectivity index (χ4n) is 1.45. The highest BCUT2D eigenvalue weighted by Gasteiger charge is 2.18. The van der Waals surface area contributed by atoms with Crippen molar-refractivity contribution in [2.45, 2.75) is 31.9 Å². The Morgan fingerprint density at radius 1 is 1.29 bits per heavy atom. The zero-order valence-corrected chi connectivity index (χ0v) is 11.3. The highest BCUT2D eigenvalue weighted by molar-refractivity contribution is 7.81. The number of aryl methyl sites for hydroxylation is 1. The van der Waals surface area contributed by atoms with E-state index in [-0.39, 0.29) is 17.1 Å². The number of hydrogen-bond donors (Lipinski definition) is 1. The van der Waals surface area contributed by atoms with Crippen molar-refractivity contribution in [1.82, 2.24) is 0 Å². The summed E-state index contributed by atoms with van der Waals surface area (Å²) < 4.78 is 5.17. The van der Waals surface area contributed by atoms with Gasteiger partial charge in [0.25, 0.3) is 0 Å². The second-order valence-electron chi connectivity index (χ2n) is 4.45. The SMILES string of the molecule is CC(C)C(S)C(=O)OCCCc1ccccc1. The maximum atomic E-state index is 11.5. The number of ether oxygens (including phenoxy) is 1. The zero-order chi connectivity index (χ0) is 12.7. The van der Waals surface area contributed by atoms with Gasteiger partial charge in [0.2, 0.25) is 0 Å². The lowest BCUT2D eigenvalue weighted by Gasteiger charge is -2.13. The molecule has 94 valence electrons. The summed E-state index contributed by atoms with van der Waals surface area (Å²) in [5.74, 6) is -0.00338. The summed E-state index contributed by atoms with van der Waals surface area (Å²) in [6, 6.07) is 10.2. The van der Waals surface area contributed by atoms with E-state index in [4.69, 9.17) is 4.74 Å². The molecule has 0 fully saturated rings. The van der Waals surface area contributed by atoms with Crippen LogP contribution in [-0.4, -0.2) is 17.8 Å². The van der Waals surface area contributed by atoms with Gasteiger partial charge in [0, 0.05) is 0 Å². The van der Waals surface area contributed by atoms with Gasteiger partial charge in [-0.15, -0.1) is 0 Å². The molecule has 0 N–H and O–H groups in total. The van der Waals surface area contributed by atoms with Gasteiger partial charge in [-0.3, -0.25) is 4.79 Å². The normalized spacial score (nSPS) is 12.5. The van der Waals surface area contributed by atoms with Crippen LogP contribution < -0.4 is 0 Å². The monoisotopic (exact) mass is 252 g/mol. The second kappa shape index (κ2) is 7.38. The third-order valence-corrected chi connectivity index (χ3v) is 3.38. The molecule has 0 amide bonds. The molecule has 2 nitrogen and oxygen atoms in total. The summed E-state index contributed by atoms with van der Waals surface area (Å²) in [6.07, 6.45) is 1.79. The summed E-state index contributed by atoms with van der Waals surface area (Å²) in [5.41, 5.74) is 1.27. The van der Waals surface area contributed by atoms with Crippen LogP contribution in [0.5, 0.6) is 0 Å². The molecular formula is C14H20O2S. The van der Waals surface area contributed by atoms with Gasteiger partial charge in [0.1, 0.15) is 5.25 Å². The molecular weight excluding hydrogens is 232 g/mol. The van der Waals surface area contributed by atoms with Crippen molar-refractivity contribution in [3.63, 3.8) is 0 Å². The van der Waals surface area contributed by atoms with Crippen molar-refractivity contribution < 1.29 is 9.53 Å². The minimum atomic E-state index is -0.313. The average Bonchev–Trinajstić information content (AvgIpc) is 2.34. The van der Waals surface area contributed by atoms with Crippen LogP contribution >= 0.6 is 12.6 Å². The fourth-order valence-corrected chi connectivity index (χ4v) is 1.53. The highest BCUT2D eigenvalue weighted by atomic mass is 32.1. The lowest BCUT2D eigenvalue weighted by atomic mass is 10.1. The molecule has 0 aliphatic carbocycles. The van der Waals surface area contributed by atoms with Crippen LogP contribution in [0.1, 0.15) is 25.8 Å². The first-order valence-electron chi connectivity index (χ1n) is 6.00. The minimum Gasteiger partial charge on any atom is -0.465 e. The number of carbonyl (C=O) groups is 1. The van der Waals surface area contributed by atoms with Gasteiger partial charge in [-0.2, -0.15) is 12.6 Å². The van der Waals surface area contributed by atoms with E-state index in [0.717, 1.165) is 12.8 Å². The van der Waals surface area contributed by atoms with Crippen LogP contribution in [0.3, 0.4) is 0 Å². The molecule has 0 saturated heterocycles. The Hall–Kier alpha value is -0.960. The largest absolute Gasteiger partial charge is 0.465 e. The first-order valence-corrected chi connectivity index (χ1v) is 6.51. The third kappa shape index (κ3) is 5.26. The molecule has 1 unspecified atom stereocenters. The van der Waals surface area contributed by atoms with Gasteiger partial charge in [0.15, 0.2) is 0 Å². The van der Waals surface area contributed by atoms with Crippen LogP contribution in [0.25, 0.3) is 0 Å². The zero-order valence-electron chi connectivity index (χ0n) is 10.4. The van der Waals surface area contributed by atoms with E-state index < -0.39 is 0 Å². The first kappa shape index (κ1) is 14.1. The van der Waals surface area contributed by atoms with Gasteiger partial charge in [0.05, 0.1) is 6.61 Å². The molecule has 0 heterocycles. The number of thiol groups is 1. The second-order valence-corrected chi connectivity index (χ2v) is 5.00. The van der Waals surface area contributed by atoms with Crippen LogP contribution in [0.2, 0.25) is 0 Å². The Kier molecular flexibility index (Phi) is 6.12. The number of rotatable bonds is 6. The molecule has 1 aromatic carbocycles. The van der Waals surface area contributed by atoms with E-state index in [9.17, 15) is 4.79 Å². The molecule has 1 aromatic rings. The maximum absolute atomic E-state index is 11.5. The Morgan fingerprint density at radius 3 is 2.53 bits per heavy atom. The highest BCUT2D eigenvalue weighted by Crippen LogP contribution is 2.11. The summed E-state index contributed by atoms with van der Waals surface area (Å²) in [4.78, 5) is 11.5. The van der Waals surface area contributed by atoms with Crippen molar-refractivity contribution in [3.05, 3.63) is 35.9 Å². The molecule has 0 aliphatic heterocycles. The third-order valence-electron chi connectivity index (χ3n) is 2.57. The number of benzene rings is 1. The predicted octanol–water partition coefficient (Wildman–Crippen LogP) is 3.12. The van der Waals surface area contributed by atoms with Gasteiger partial charge in [-0.25, -0.2) is 0 Å². The topological polar surface area (TPSA) is 26.3 Å². The maximum Gasteiger partial charge on any atom is 0.319 e. The van der Waals surface area contributed by atoms with Crippen molar-refractivity contribution in [1.29, 1.82) is 0 Å². The van der Waals surface area contributed by atoms with Gasteiger partial charge >= 0.3 is 5.97 Å². The van der Waals surface area contributed by atoms with E-state index in [1.807, 2.05) is 32.0 Å². The standard InChI is InChI=1S/C14H20O2S/c1-11(2)13(17)14(15)16-10-6-9-12-7-4-3-5-8-12/h3-5,7-8,11,13,17H,6,9-10H2,1-2H3. The van der Waals surface area contributed by atoms with Crippen LogP contribution in [0.15, 0.2) is 30.3 Å². The molecule has 3 heteroatoms. The van der Waals surface area contributed by atoms with Crippen LogP contribution in [-0.2, 0) is 16.0 Å². The van der Waals surface area contributed by atoms with Crippen LogP contribution in [0, 0.1) is 5.92 Å². The quantitative estimate of drug-likeness (QED) is 0.478. The average molecular weight is 252 g/mol. The van der Waals surface area contributed by atoms with Gasteiger partial charge < -0.3 is 4.74 Å². The van der Waals surface area contributed by atoms with E-state index in [1.165, 1.54) is 5.56 Å². The molecule has 1 atom stereocenters. The van der Waals surface area contributed by atoms with Crippen molar-refractivity contribution >= 4 is 18.6 Å². The molecule has 17 heavy (non-hydrogen) atoms. The predicted molar refractivity (Wildman–Crippen MR) is 73.3 cm³/mol. The molecule has 0 aliphatic rings. The van der Waals surface area contributed by atoms with Gasteiger partial charge in [-0.05, 0) is 24.3 Å². The number of hydrogen-bond acceptors (Lipinski definition) is 3. The number of carbonyl (C=O) groups excluding carboxylic acids is 1. The lowest BCUT2D eigenvalue weighted by Crippen LogP contribution is -2.23. The Balaban J connectivity index is 2.18. The van der Waals surface area contributed by atoms with E-state index >= 15 is 0 Å². The van der Waals surface area contributed by atoms with E-state index in [2.05, 4.69) is 24.8 Å². The fraction of sp³-hybridized carbons (Fsp3) is 0.500. The van der Waals surface area contributed by atoms with Crippen LogP contribution in [0.4, 0.5) is 0 Å². The Morgan fingerprint density at radius 2 is 1.94 bits per heavy atom. The Bertz CT molecular complexity index is 335. The lowest BCUT2D eigenvalue weighted by molar-refractivity contribution is -0.143. The molecule has 1 rings (SSSR count). The molecule has 0 spiro atoms. The summed E-state index contributed by atoms with van der Waals surface area (Å²) in [6.45, 7) is 4.39. The summed E-state index contributed by atoms with van der Waals surface area (Å²) in [7, 11) is 0. The Labute approximate surface area is 109 Å². The molecule has 0 aromatic heterocycles. The minimum absolute atomic E-state index is 0.208. The van der Waals surface area contributed by atoms with E-state index in [0.29, 0.717) is 6.61 Å². The van der Waals surface area contributed by atoms with Crippen molar-refractivity contribution in [2.75, 3.05) is 6.61 Å². The van der Waals surface area contributed by atoms with E-state index in [1.54, 1.807) is 0 Å². The summed E-state index contributed by atoms with van der Waals surface area (Å²) >= 11 is 4.22. The van der Waals surface area contributed by atoms with Gasteiger partial charge in [-0.1, -0.05) is 44.2 Å². The van der Waals surface area contributed by atoms with Crippen molar-refractivity contribution in [3.8, 4) is 0 Å². The summed E-state index contributed by atoms with van der Waals surface area (Å²) in [5, 5.41) is -0.313. The molecule has 0 bridgehead atoms. The molecule has 0 radical (unpaired) electrons. The smallest absolute Gasteiger partial charge is 0.319 e. The molecule has 0 saturated carbocycles. The first-order chi connectivity index (χ1) is 8.11.